The number of esters is 2. The molecular weight excluding hydrogens is 260 g/mol. The molecule has 0 heterocycles. The number of carbonyl (C=O) groups excluding carboxylic acids is 2. The minimum atomic E-state index is -0.585. The Kier molecular flexibility index (Phi) is 10.1. The Morgan fingerprint density at radius 1 is 1.00 bits per heavy atom. The van der Waals surface area contributed by atoms with E-state index >= 15 is 0 Å². The number of hydrogen-bond donors (Lipinski definition) is 1. The zero-order valence-electron chi connectivity index (χ0n) is 13.1. The molecule has 0 rings (SSSR count). The summed E-state index contributed by atoms with van der Waals surface area (Å²) in [4.78, 5) is 22.2. The van der Waals surface area contributed by atoms with Crippen molar-refractivity contribution in [1.29, 1.82) is 0 Å². The fourth-order valence-corrected chi connectivity index (χ4v) is 2.14. The molecule has 3 atom stereocenters. The van der Waals surface area contributed by atoms with E-state index in [2.05, 4.69) is 6.92 Å². The molecule has 0 aromatic carbocycles. The number of aliphatic hydroxyl groups excluding tert-OH is 1. The van der Waals surface area contributed by atoms with Crippen molar-refractivity contribution in [1.82, 2.24) is 0 Å². The van der Waals surface area contributed by atoms with Crippen molar-refractivity contribution < 1.29 is 24.2 Å². The second-order valence-electron chi connectivity index (χ2n) is 5.09. The molecule has 0 aliphatic carbocycles. The van der Waals surface area contributed by atoms with Crippen LogP contribution in [0.25, 0.3) is 0 Å². The van der Waals surface area contributed by atoms with E-state index in [-0.39, 0.29) is 0 Å². The molecule has 20 heavy (non-hydrogen) atoms. The van der Waals surface area contributed by atoms with E-state index in [0.29, 0.717) is 19.3 Å². The minimum absolute atomic E-state index is 0.301. The van der Waals surface area contributed by atoms with E-state index in [1.807, 2.05) is 6.92 Å². The molecule has 0 aromatic heterocycles. The van der Waals surface area contributed by atoms with Gasteiger partial charge in [0.2, 0.25) is 0 Å². The lowest BCUT2D eigenvalue weighted by molar-refractivity contribution is -0.168. The van der Waals surface area contributed by atoms with Crippen LogP contribution < -0.4 is 0 Å². The first-order valence-electron chi connectivity index (χ1n) is 7.43. The average molecular weight is 288 g/mol. The fraction of sp³-hybridized carbons (Fsp3) is 0.867. The van der Waals surface area contributed by atoms with Crippen molar-refractivity contribution in [3.05, 3.63) is 0 Å². The largest absolute Gasteiger partial charge is 0.459 e. The van der Waals surface area contributed by atoms with Crippen LogP contribution in [-0.4, -0.2) is 35.4 Å². The Morgan fingerprint density at radius 3 is 2.00 bits per heavy atom. The Labute approximate surface area is 121 Å². The quantitative estimate of drug-likeness (QED) is 0.494. The second-order valence-corrected chi connectivity index (χ2v) is 5.09. The normalized spacial score (nSPS) is 15.2. The molecule has 0 aliphatic rings. The first-order chi connectivity index (χ1) is 9.40. The lowest BCUT2D eigenvalue weighted by Crippen LogP contribution is -2.36. The van der Waals surface area contributed by atoms with Crippen molar-refractivity contribution in [2.24, 2.45) is 0 Å². The highest BCUT2D eigenvalue weighted by atomic mass is 16.6. The summed E-state index contributed by atoms with van der Waals surface area (Å²) in [5, 5.41) is 10.0. The SMILES string of the molecule is CCCCCC(O)CC(OC(C)=O)C(CC)OC(C)=O. The monoisotopic (exact) mass is 288 g/mol. The summed E-state index contributed by atoms with van der Waals surface area (Å²) in [6, 6.07) is 0. The van der Waals surface area contributed by atoms with Crippen molar-refractivity contribution in [3.63, 3.8) is 0 Å². The van der Waals surface area contributed by atoms with Gasteiger partial charge in [0, 0.05) is 20.3 Å². The van der Waals surface area contributed by atoms with Crippen LogP contribution in [0.2, 0.25) is 0 Å². The number of carbonyl (C=O) groups is 2. The molecule has 0 saturated heterocycles. The van der Waals surface area contributed by atoms with Gasteiger partial charge in [0.25, 0.3) is 0 Å². The summed E-state index contributed by atoms with van der Waals surface area (Å²) in [7, 11) is 0. The van der Waals surface area contributed by atoms with Crippen LogP contribution in [-0.2, 0) is 19.1 Å². The van der Waals surface area contributed by atoms with Crippen LogP contribution in [0.15, 0.2) is 0 Å². The summed E-state index contributed by atoms with van der Waals surface area (Å²) >= 11 is 0. The van der Waals surface area contributed by atoms with Crippen LogP contribution in [0.5, 0.6) is 0 Å². The van der Waals surface area contributed by atoms with Gasteiger partial charge in [-0.3, -0.25) is 9.59 Å². The third-order valence-electron chi connectivity index (χ3n) is 3.10. The molecule has 3 unspecified atom stereocenters. The maximum Gasteiger partial charge on any atom is 0.303 e. The van der Waals surface area contributed by atoms with Crippen LogP contribution in [0, 0.1) is 0 Å². The van der Waals surface area contributed by atoms with E-state index in [4.69, 9.17) is 9.47 Å². The van der Waals surface area contributed by atoms with Crippen LogP contribution in [0.3, 0.4) is 0 Å². The molecule has 5 nitrogen and oxygen atoms in total. The van der Waals surface area contributed by atoms with Crippen molar-refractivity contribution in [3.8, 4) is 0 Å². The molecule has 0 bridgehead atoms. The van der Waals surface area contributed by atoms with Gasteiger partial charge in [-0.05, 0) is 12.8 Å². The van der Waals surface area contributed by atoms with Gasteiger partial charge in [0.05, 0.1) is 6.10 Å². The third kappa shape index (κ3) is 8.91. The number of unbranched alkanes of at least 4 members (excludes halogenated alkanes) is 2. The summed E-state index contributed by atoms with van der Waals surface area (Å²) in [5.74, 6) is -0.837. The highest BCUT2D eigenvalue weighted by Gasteiger charge is 2.28. The molecule has 5 heteroatoms. The van der Waals surface area contributed by atoms with E-state index in [0.717, 1.165) is 19.3 Å². The summed E-state index contributed by atoms with van der Waals surface area (Å²) in [6.07, 6.45) is 2.97. The van der Waals surface area contributed by atoms with Crippen molar-refractivity contribution in [2.45, 2.75) is 84.5 Å². The Hall–Kier alpha value is -1.10. The molecule has 0 amide bonds. The smallest absolute Gasteiger partial charge is 0.303 e. The van der Waals surface area contributed by atoms with Gasteiger partial charge in [-0.2, -0.15) is 0 Å². The molecule has 0 saturated carbocycles. The number of hydrogen-bond acceptors (Lipinski definition) is 5. The molecule has 1 N–H and O–H groups in total. The number of ether oxygens (including phenoxy) is 2. The first-order valence-corrected chi connectivity index (χ1v) is 7.43. The van der Waals surface area contributed by atoms with E-state index in [1.54, 1.807) is 0 Å². The first kappa shape index (κ1) is 18.9. The molecule has 0 fully saturated rings. The van der Waals surface area contributed by atoms with Crippen LogP contribution in [0.4, 0.5) is 0 Å². The summed E-state index contributed by atoms with van der Waals surface area (Å²) < 4.78 is 10.4. The maximum atomic E-state index is 11.2. The summed E-state index contributed by atoms with van der Waals surface area (Å²) in [6.45, 7) is 6.59. The average Bonchev–Trinajstić information content (AvgIpc) is 2.34. The molecule has 0 aliphatic heterocycles. The molecule has 118 valence electrons. The predicted octanol–water partition coefficient (Wildman–Crippen LogP) is 2.59. The zero-order chi connectivity index (χ0) is 15.5. The fourth-order valence-electron chi connectivity index (χ4n) is 2.14. The lowest BCUT2D eigenvalue weighted by atomic mass is 10.0. The van der Waals surface area contributed by atoms with Gasteiger partial charge >= 0.3 is 11.9 Å². The van der Waals surface area contributed by atoms with Gasteiger partial charge in [-0.25, -0.2) is 0 Å². The topological polar surface area (TPSA) is 72.8 Å². The van der Waals surface area contributed by atoms with Crippen molar-refractivity contribution in [2.75, 3.05) is 0 Å². The molecule has 0 aromatic rings. The van der Waals surface area contributed by atoms with Gasteiger partial charge in [-0.15, -0.1) is 0 Å². The summed E-state index contributed by atoms with van der Waals surface area (Å²) in [5.41, 5.74) is 0. The third-order valence-corrected chi connectivity index (χ3v) is 3.10. The van der Waals surface area contributed by atoms with Gasteiger partial charge in [-0.1, -0.05) is 33.1 Å². The molecular formula is C15H28O5. The predicted molar refractivity (Wildman–Crippen MR) is 76.2 cm³/mol. The minimum Gasteiger partial charge on any atom is -0.459 e. The molecule has 0 radical (unpaired) electrons. The zero-order valence-corrected chi connectivity index (χ0v) is 13.1. The lowest BCUT2D eigenvalue weighted by Gasteiger charge is -2.27. The van der Waals surface area contributed by atoms with Gasteiger partial charge in [0.1, 0.15) is 12.2 Å². The van der Waals surface area contributed by atoms with E-state index < -0.39 is 30.3 Å². The molecule has 0 spiro atoms. The standard InChI is InChI=1S/C15H28O5/c1-5-7-8-9-13(18)10-15(20-12(4)17)14(6-2)19-11(3)16/h13-15,18H,5-10H2,1-4H3. The van der Waals surface area contributed by atoms with Gasteiger partial charge < -0.3 is 14.6 Å². The van der Waals surface area contributed by atoms with Crippen LogP contribution >= 0.6 is 0 Å². The van der Waals surface area contributed by atoms with Gasteiger partial charge in [0.15, 0.2) is 0 Å². The van der Waals surface area contributed by atoms with E-state index in [1.165, 1.54) is 13.8 Å². The Bertz CT molecular complexity index is 290. The highest BCUT2D eigenvalue weighted by molar-refractivity contribution is 5.67. The van der Waals surface area contributed by atoms with Crippen LogP contribution in [0.1, 0.15) is 66.2 Å². The van der Waals surface area contributed by atoms with E-state index in [9.17, 15) is 14.7 Å². The number of aliphatic hydroxyl groups is 1. The van der Waals surface area contributed by atoms with Crippen molar-refractivity contribution >= 4 is 11.9 Å². The Morgan fingerprint density at radius 2 is 1.55 bits per heavy atom. The number of rotatable bonds is 10. The Balaban J connectivity index is 4.51. The highest BCUT2D eigenvalue weighted by Crippen LogP contribution is 2.18. The maximum absolute atomic E-state index is 11.2. The second kappa shape index (κ2) is 10.7.